The molecule has 4 aliphatic rings. The molecule has 0 saturated heterocycles. The molecule has 1 aliphatic carbocycles. The van der Waals surface area contributed by atoms with E-state index in [4.69, 9.17) is 0 Å². The summed E-state index contributed by atoms with van der Waals surface area (Å²) in [6.07, 6.45) is 0. The van der Waals surface area contributed by atoms with Crippen molar-refractivity contribution in [2.45, 2.75) is 64.7 Å². The highest BCUT2D eigenvalue weighted by molar-refractivity contribution is 7.25. The van der Waals surface area contributed by atoms with Gasteiger partial charge in [-0.15, -0.1) is 11.3 Å². The zero-order valence-electron chi connectivity index (χ0n) is 33.1. The topological polar surface area (TPSA) is 6.48 Å². The van der Waals surface area contributed by atoms with Crippen molar-refractivity contribution in [1.82, 2.24) is 0 Å². The first-order valence-corrected chi connectivity index (χ1v) is 21.0. The Morgan fingerprint density at radius 2 is 1.27 bits per heavy atom. The molecule has 4 heteroatoms. The van der Waals surface area contributed by atoms with Crippen molar-refractivity contribution in [3.63, 3.8) is 0 Å². The monoisotopic (exact) mass is 738 g/mol. The van der Waals surface area contributed by atoms with E-state index in [1.54, 1.807) is 0 Å². The van der Waals surface area contributed by atoms with Gasteiger partial charge in [-0.3, -0.25) is 0 Å². The maximum Gasteiger partial charge on any atom is 0.333 e. The summed E-state index contributed by atoms with van der Waals surface area (Å²) >= 11 is 1.92. The molecule has 270 valence electrons. The standard InChI is InChI=1S/C52H43BN2S/c1-50(2,3)30-23-25-31(26-24-30)55-42-27-34-33-16-9-13-22-44(33)56-45(34)29-36(42)46-47-35(32-15-8-10-17-37(32)52(47,6)7)28-43-48(46)53(55)40-20-14-19-39-49(40)54(43)41-21-12-11-18-38(41)51(39,4)5/h8-29H,1-7H3. The molecule has 0 N–H and O–H groups in total. The summed E-state index contributed by atoms with van der Waals surface area (Å²) in [7, 11) is 0. The second kappa shape index (κ2) is 10.6. The van der Waals surface area contributed by atoms with Crippen molar-refractivity contribution in [2.75, 3.05) is 9.71 Å². The first-order valence-electron chi connectivity index (χ1n) is 20.1. The number of thiophene rings is 1. The van der Waals surface area contributed by atoms with Gasteiger partial charge in [-0.2, -0.15) is 0 Å². The fourth-order valence-corrected chi connectivity index (χ4v) is 12.2. The fourth-order valence-electron chi connectivity index (χ4n) is 11.1. The lowest BCUT2D eigenvalue weighted by molar-refractivity contribution is 0.590. The zero-order chi connectivity index (χ0) is 38.0. The van der Waals surface area contributed by atoms with Gasteiger partial charge in [-0.1, -0.05) is 139 Å². The smallest absolute Gasteiger partial charge is 0.333 e. The molecule has 2 nitrogen and oxygen atoms in total. The van der Waals surface area contributed by atoms with E-state index in [1.165, 1.54) is 110 Å². The highest BCUT2D eigenvalue weighted by Crippen LogP contribution is 2.60. The number of hydrogen-bond acceptors (Lipinski definition) is 3. The highest BCUT2D eigenvalue weighted by Gasteiger charge is 2.52. The van der Waals surface area contributed by atoms with Gasteiger partial charge in [-0.05, 0) is 103 Å². The van der Waals surface area contributed by atoms with E-state index in [0.717, 1.165) is 0 Å². The van der Waals surface area contributed by atoms with Gasteiger partial charge in [0.2, 0.25) is 0 Å². The third-order valence-corrected chi connectivity index (χ3v) is 14.9. The molecule has 0 unspecified atom stereocenters. The molecule has 56 heavy (non-hydrogen) atoms. The van der Waals surface area contributed by atoms with Gasteiger partial charge in [0.25, 0.3) is 0 Å². The third kappa shape index (κ3) is 3.98. The summed E-state index contributed by atoms with van der Waals surface area (Å²) in [5, 5.41) is 2.67. The predicted octanol–water partition coefficient (Wildman–Crippen LogP) is 13.0. The second-order valence-corrected chi connectivity index (χ2v) is 19.6. The van der Waals surface area contributed by atoms with Crippen LogP contribution in [0, 0.1) is 0 Å². The molecule has 0 atom stereocenters. The van der Waals surface area contributed by atoms with Gasteiger partial charge in [0.05, 0.1) is 5.69 Å². The minimum absolute atomic E-state index is 0.0348. The van der Waals surface area contributed by atoms with Crippen LogP contribution in [0.15, 0.2) is 133 Å². The van der Waals surface area contributed by atoms with Crippen LogP contribution in [0.25, 0.3) is 42.4 Å². The number of anilines is 5. The summed E-state index contributed by atoms with van der Waals surface area (Å²) in [5.41, 5.74) is 21.4. The molecular formula is C52H43BN2S. The quantitative estimate of drug-likeness (QED) is 0.155. The number of rotatable bonds is 1. The van der Waals surface area contributed by atoms with Gasteiger partial charge in [0.1, 0.15) is 0 Å². The van der Waals surface area contributed by atoms with E-state index in [9.17, 15) is 0 Å². The zero-order valence-corrected chi connectivity index (χ0v) is 33.9. The van der Waals surface area contributed by atoms with E-state index >= 15 is 0 Å². The second-order valence-electron chi connectivity index (χ2n) is 18.5. The Kier molecular flexibility index (Phi) is 6.20. The molecule has 8 aromatic rings. The van der Waals surface area contributed by atoms with Crippen LogP contribution in [0.1, 0.15) is 76.3 Å². The van der Waals surface area contributed by atoms with Crippen molar-refractivity contribution in [3.05, 3.63) is 161 Å². The number of fused-ring (bicyclic) bond motifs is 13. The van der Waals surface area contributed by atoms with Crippen LogP contribution in [-0.2, 0) is 16.2 Å². The fraction of sp³-hybridized carbons (Fsp3) is 0.192. The first kappa shape index (κ1) is 32.6. The Balaban J connectivity index is 1.28. The Labute approximate surface area is 334 Å². The lowest BCUT2D eigenvalue weighted by atomic mass is 9.42. The Morgan fingerprint density at radius 3 is 2.07 bits per heavy atom. The summed E-state index contributed by atoms with van der Waals surface area (Å²) in [4.78, 5) is 5.36. The van der Waals surface area contributed by atoms with Gasteiger partial charge >= 0.3 is 6.85 Å². The van der Waals surface area contributed by atoms with Gasteiger partial charge in [0, 0.05) is 59.3 Å². The molecule has 0 radical (unpaired) electrons. The Bertz CT molecular complexity index is 3030. The molecule has 0 amide bonds. The minimum Gasteiger partial charge on any atom is -0.376 e. The number of benzene rings is 7. The summed E-state index contributed by atoms with van der Waals surface area (Å²) in [6, 6.07) is 51.6. The van der Waals surface area contributed by atoms with Crippen molar-refractivity contribution >= 4 is 77.7 Å². The van der Waals surface area contributed by atoms with Crippen LogP contribution in [0.3, 0.4) is 0 Å². The van der Waals surface area contributed by atoms with Crippen LogP contribution in [0.2, 0.25) is 0 Å². The first-order chi connectivity index (χ1) is 26.9. The molecule has 3 aliphatic heterocycles. The largest absolute Gasteiger partial charge is 0.376 e. The lowest BCUT2D eigenvalue weighted by Gasteiger charge is -2.51. The van der Waals surface area contributed by atoms with Crippen LogP contribution in [-0.4, -0.2) is 6.85 Å². The Morgan fingerprint density at radius 1 is 0.554 bits per heavy atom. The molecule has 7 aromatic carbocycles. The van der Waals surface area contributed by atoms with Crippen molar-refractivity contribution in [3.8, 4) is 22.3 Å². The number of para-hydroxylation sites is 2. The average molecular weight is 739 g/mol. The van der Waals surface area contributed by atoms with Gasteiger partial charge in [-0.25, -0.2) is 0 Å². The lowest BCUT2D eigenvalue weighted by Crippen LogP contribution is -2.63. The maximum atomic E-state index is 2.71. The van der Waals surface area contributed by atoms with Crippen LogP contribution >= 0.6 is 11.3 Å². The minimum atomic E-state index is -0.187. The van der Waals surface area contributed by atoms with E-state index < -0.39 is 0 Å². The molecular weight excluding hydrogens is 695 g/mol. The van der Waals surface area contributed by atoms with E-state index in [1.807, 2.05) is 11.3 Å². The van der Waals surface area contributed by atoms with Crippen molar-refractivity contribution < 1.29 is 0 Å². The van der Waals surface area contributed by atoms with E-state index in [0.29, 0.717) is 0 Å². The number of nitrogens with zero attached hydrogens (tertiary/aromatic N) is 2. The van der Waals surface area contributed by atoms with E-state index in [2.05, 4.69) is 192 Å². The van der Waals surface area contributed by atoms with Gasteiger partial charge in [0.15, 0.2) is 0 Å². The highest BCUT2D eigenvalue weighted by atomic mass is 32.1. The normalized spacial score (nSPS) is 16.3. The summed E-state index contributed by atoms with van der Waals surface area (Å²) < 4.78 is 2.68. The van der Waals surface area contributed by atoms with Gasteiger partial charge < -0.3 is 9.71 Å². The van der Waals surface area contributed by atoms with Crippen LogP contribution in [0.5, 0.6) is 0 Å². The molecule has 0 saturated carbocycles. The van der Waals surface area contributed by atoms with E-state index in [-0.39, 0.29) is 23.1 Å². The predicted molar refractivity (Wildman–Crippen MR) is 241 cm³/mol. The molecule has 1 aromatic heterocycles. The average Bonchev–Trinajstić information content (AvgIpc) is 3.67. The summed E-state index contributed by atoms with van der Waals surface area (Å²) in [5.74, 6) is 0. The van der Waals surface area contributed by atoms with Crippen molar-refractivity contribution in [2.24, 2.45) is 0 Å². The molecule has 0 bridgehead atoms. The maximum absolute atomic E-state index is 2.71. The Hall–Kier alpha value is -5.58. The van der Waals surface area contributed by atoms with Crippen LogP contribution in [0.4, 0.5) is 28.4 Å². The third-order valence-electron chi connectivity index (χ3n) is 13.7. The molecule has 0 spiro atoms. The molecule has 12 rings (SSSR count). The SMILES string of the molecule is CC(C)(C)c1ccc(N2B3c4cccc5c4N(c4ccccc4C5(C)C)c4cc5c(c(c43)-c3cc4sc6ccccc6c4cc32)C(C)(C)c2ccccc2-5)cc1. The van der Waals surface area contributed by atoms with Crippen molar-refractivity contribution in [1.29, 1.82) is 0 Å². The number of hydrogen-bond donors (Lipinski definition) is 0. The summed E-state index contributed by atoms with van der Waals surface area (Å²) in [6.45, 7) is 16.6. The van der Waals surface area contributed by atoms with Crippen LogP contribution < -0.4 is 20.6 Å². The molecule has 4 heterocycles. The molecule has 0 fully saturated rings.